The van der Waals surface area contributed by atoms with Crippen LogP contribution in [0.3, 0.4) is 0 Å². The number of nitrogens with zero attached hydrogens (tertiary/aromatic N) is 3. The molecule has 1 aliphatic heterocycles. The summed E-state index contributed by atoms with van der Waals surface area (Å²) in [7, 11) is 0. The van der Waals surface area contributed by atoms with E-state index in [-0.39, 0.29) is 23.9 Å². The molecule has 3 N–H and O–H groups in total. The number of fused-ring (bicyclic) bond motifs is 1. The lowest BCUT2D eigenvalue weighted by Crippen LogP contribution is -2.43. The summed E-state index contributed by atoms with van der Waals surface area (Å²) < 4.78 is 0. The van der Waals surface area contributed by atoms with Gasteiger partial charge in [0.15, 0.2) is 0 Å². The molecule has 2 aromatic carbocycles. The van der Waals surface area contributed by atoms with Crippen LogP contribution in [0, 0.1) is 18.8 Å². The van der Waals surface area contributed by atoms with Crippen LogP contribution in [0.25, 0.3) is 0 Å². The first kappa shape index (κ1) is 32.2. The third-order valence-electron chi connectivity index (χ3n) is 10.1. The largest absolute Gasteiger partial charge is 0.349 e. The van der Waals surface area contributed by atoms with Gasteiger partial charge in [-0.3, -0.25) is 9.69 Å². The summed E-state index contributed by atoms with van der Waals surface area (Å²) in [6, 6.07) is 13.5. The van der Waals surface area contributed by atoms with E-state index < -0.39 is 6.04 Å². The molecule has 5 rings (SSSR count). The van der Waals surface area contributed by atoms with Crippen molar-refractivity contribution in [2.24, 2.45) is 22.7 Å². The molecule has 2 aliphatic carbocycles. The monoisotopic (exact) mass is 599 g/mol. The number of carbonyl (C=O) groups excluding carboxylic acids is 2. The molecule has 7 nitrogen and oxygen atoms in total. The molecule has 0 saturated heterocycles. The van der Waals surface area contributed by atoms with Crippen LogP contribution in [0.4, 0.5) is 21.9 Å². The molecule has 2 saturated carbocycles. The van der Waals surface area contributed by atoms with Crippen LogP contribution < -0.4 is 16.0 Å². The SMILES string of the molecule is CCC(C)[C@H](N)C(=O)Nc1ccc(N2C(=O)N(C3CCCCCCCCC3)N=C(C3CCCCC3)c3ccc(C)cc32)cc1. The first-order chi connectivity index (χ1) is 21.4. The fourth-order valence-corrected chi connectivity index (χ4v) is 7.09. The van der Waals surface area contributed by atoms with Gasteiger partial charge in [0.2, 0.25) is 5.91 Å². The zero-order chi connectivity index (χ0) is 31.1. The molecule has 238 valence electrons. The lowest BCUT2D eigenvalue weighted by Gasteiger charge is -2.32. The minimum atomic E-state index is -0.567. The number of nitrogens with two attached hydrogens (primary N) is 1. The van der Waals surface area contributed by atoms with E-state index in [1.807, 2.05) is 48.0 Å². The molecule has 1 heterocycles. The van der Waals surface area contributed by atoms with Gasteiger partial charge in [-0.25, -0.2) is 9.80 Å². The zero-order valence-electron chi connectivity index (χ0n) is 27.2. The van der Waals surface area contributed by atoms with Gasteiger partial charge in [-0.05, 0) is 74.4 Å². The van der Waals surface area contributed by atoms with E-state index in [0.717, 1.165) is 73.2 Å². The minimum Gasteiger partial charge on any atom is -0.325 e. The van der Waals surface area contributed by atoms with Crippen molar-refractivity contribution in [1.29, 1.82) is 0 Å². The smallest absolute Gasteiger partial charge is 0.325 e. The summed E-state index contributed by atoms with van der Waals surface area (Å²) in [6.45, 7) is 6.12. The van der Waals surface area contributed by atoms with Crippen molar-refractivity contribution in [2.75, 3.05) is 10.2 Å². The Kier molecular flexibility index (Phi) is 11.1. The van der Waals surface area contributed by atoms with Gasteiger partial charge < -0.3 is 11.1 Å². The van der Waals surface area contributed by atoms with Gasteiger partial charge in [0.1, 0.15) is 0 Å². The van der Waals surface area contributed by atoms with Gasteiger partial charge in [-0.1, -0.05) is 96.6 Å². The highest BCUT2D eigenvalue weighted by Crippen LogP contribution is 2.39. The van der Waals surface area contributed by atoms with Crippen molar-refractivity contribution in [2.45, 2.75) is 129 Å². The average molecular weight is 600 g/mol. The Hall–Kier alpha value is -3.19. The highest BCUT2D eigenvalue weighted by Gasteiger charge is 2.37. The number of hydrogen-bond donors (Lipinski definition) is 2. The quantitative estimate of drug-likeness (QED) is 0.333. The van der Waals surface area contributed by atoms with Gasteiger partial charge in [-0.2, -0.15) is 5.10 Å². The number of benzene rings is 2. The highest BCUT2D eigenvalue weighted by molar-refractivity contribution is 6.14. The van der Waals surface area contributed by atoms with E-state index in [1.165, 1.54) is 51.4 Å². The van der Waals surface area contributed by atoms with Crippen molar-refractivity contribution >= 4 is 34.7 Å². The second-order valence-corrected chi connectivity index (χ2v) is 13.5. The van der Waals surface area contributed by atoms with Crippen LogP contribution in [0.2, 0.25) is 0 Å². The Balaban J connectivity index is 1.53. The van der Waals surface area contributed by atoms with Crippen LogP contribution in [0.15, 0.2) is 47.6 Å². The fourth-order valence-electron chi connectivity index (χ4n) is 7.09. The number of amides is 3. The standard InChI is InChI=1S/C37H53N5O2/c1-4-27(3)34(38)36(43)39-29-20-22-30(23-21-29)41-33-25-26(2)19-24-32(33)35(28-15-11-10-12-16-28)40-42(37(41)44)31-17-13-8-6-5-7-9-14-18-31/h19-25,27-28,31,34H,4-18,38H2,1-3H3,(H,39,43)/t27?,34-/m0/s1. The third-order valence-corrected chi connectivity index (χ3v) is 10.1. The van der Waals surface area contributed by atoms with Gasteiger partial charge >= 0.3 is 6.03 Å². The van der Waals surface area contributed by atoms with Crippen LogP contribution in [-0.2, 0) is 4.79 Å². The Morgan fingerprint density at radius 2 is 1.50 bits per heavy atom. The molecule has 2 fully saturated rings. The molecule has 0 aromatic heterocycles. The maximum absolute atomic E-state index is 14.8. The maximum Gasteiger partial charge on any atom is 0.349 e. The van der Waals surface area contributed by atoms with E-state index >= 15 is 0 Å². The molecule has 0 spiro atoms. The van der Waals surface area contributed by atoms with Crippen LogP contribution >= 0.6 is 0 Å². The third kappa shape index (κ3) is 7.53. The average Bonchev–Trinajstić information content (AvgIpc) is 3.17. The topological polar surface area (TPSA) is 91.0 Å². The predicted octanol–water partition coefficient (Wildman–Crippen LogP) is 9.06. The summed E-state index contributed by atoms with van der Waals surface area (Å²) >= 11 is 0. The van der Waals surface area contributed by atoms with Crippen LogP contribution in [0.1, 0.15) is 121 Å². The fraction of sp³-hybridized carbons (Fsp3) is 0.595. The van der Waals surface area contributed by atoms with Crippen molar-refractivity contribution in [3.63, 3.8) is 0 Å². The molecule has 1 unspecified atom stereocenters. The molecule has 7 heteroatoms. The van der Waals surface area contributed by atoms with E-state index in [9.17, 15) is 9.59 Å². The summed E-state index contributed by atoms with van der Waals surface area (Å²) in [5.41, 5.74) is 11.8. The molecule has 0 bridgehead atoms. The molecule has 2 aromatic rings. The van der Waals surface area contributed by atoms with Crippen molar-refractivity contribution < 1.29 is 9.59 Å². The highest BCUT2D eigenvalue weighted by atomic mass is 16.2. The lowest BCUT2D eigenvalue weighted by molar-refractivity contribution is -0.118. The Bertz CT molecular complexity index is 1290. The van der Waals surface area contributed by atoms with Crippen molar-refractivity contribution in [3.8, 4) is 0 Å². The number of hydrogen-bond acceptors (Lipinski definition) is 4. The molecule has 2 atom stereocenters. The molecular formula is C37H53N5O2. The Morgan fingerprint density at radius 3 is 2.14 bits per heavy atom. The summed E-state index contributed by atoms with van der Waals surface area (Å²) in [6.07, 6.45) is 17.3. The van der Waals surface area contributed by atoms with Crippen molar-refractivity contribution in [1.82, 2.24) is 5.01 Å². The number of aryl methyl sites for hydroxylation is 1. The van der Waals surface area contributed by atoms with Crippen molar-refractivity contribution in [3.05, 3.63) is 53.6 Å². The second-order valence-electron chi connectivity index (χ2n) is 13.5. The van der Waals surface area contributed by atoms with E-state index in [2.05, 4.69) is 30.4 Å². The number of hydrazone groups is 1. The van der Waals surface area contributed by atoms with Gasteiger partial charge in [0.25, 0.3) is 0 Å². The van der Waals surface area contributed by atoms with Crippen LogP contribution in [0.5, 0.6) is 0 Å². The molecule has 3 aliphatic rings. The number of rotatable bonds is 7. The molecular weight excluding hydrogens is 546 g/mol. The first-order valence-electron chi connectivity index (χ1n) is 17.4. The van der Waals surface area contributed by atoms with Gasteiger partial charge in [0.05, 0.1) is 29.2 Å². The number of anilines is 3. The van der Waals surface area contributed by atoms with E-state index in [1.54, 1.807) is 0 Å². The number of nitrogens with one attached hydrogen (secondary N) is 1. The lowest BCUT2D eigenvalue weighted by atomic mass is 9.82. The number of carbonyl (C=O) groups is 2. The normalized spacial score (nSPS) is 20.7. The first-order valence-corrected chi connectivity index (χ1v) is 17.4. The van der Waals surface area contributed by atoms with E-state index in [4.69, 9.17) is 10.8 Å². The van der Waals surface area contributed by atoms with Crippen LogP contribution in [-0.4, -0.2) is 34.7 Å². The summed E-state index contributed by atoms with van der Waals surface area (Å²) in [5, 5.41) is 10.2. The minimum absolute atomic E-state index is 0.0812. The zero-order valence-corrected chi connectivity index (χ0v) is 27.2. The Labute approximate surface area is 264 Å². The number of urea groups is 1. The second kappa shape index (κ2) is 15.2. The van der Waals surface area contributed by atoms with E-state index in [0.29, 0.717) is 11.6 Å². The Morgan fingerprint density at radius 1 is 0.909 bits per heavy atom. The van der Waals surface area contributed by atoms with Gasteiger partial charge in [0, 0.05) is 17.2 Å². The summed E-state index contributed by atoms with van der Waals surface area (Å²) in [4.78, 5) is 29.5. The molecule has 3 amide bonds. The predicted molar refractivity (Wildman–Crippen MR) is 182 cm³/mol. The molecule has 44 heavy (non-hydrogen) atoms. The summed E-state index contributed by atoms with van der Waals surface area (Å²) in [5.74, 6) is 0.258. The maximum atomic E-state index is 14.8. The molecule has 0 radical (unpaired) electrons. The van der Waals surface area contributed by atoms with Gasteiger partial charge in [-0.15, -0.1) is 0 Å².